The molecule has 3 N–H and O–H groups in total. The summed E-state index contributed by atoms with van der Waals surface area (Å²) in [6.07, 6.45) is 4.77. The number of ether oxygens (including phenoxy) is 2. The van der Waals surface area contributed by atoms with E-state index in [1.807, 2.05) is 102 Å². The second-order valence-corrected chi connectivity index (χ2v) is 22.9. The van der Waals surface area contributed by atoms with Crippen LogP contribution in [0.2, 0.25) is 0 Å². The standard InChI is InChI=1S/C61H69N5O7/c1-60(2,3)54(64-58(70)72-36-49-47-25-13-11-23-45(47)46-24-12-14-26-48(46)49)57(69)65-34-42(33-52(65)55(67)62-50-27-15-19-37-17-7-9-21-43(37)50)39-29-30-40-32-53(66(35-41(40)31-39)59(71)73-61(4,5)6)56(68)63-51-28-16-20-38-18-8-10-22-44(38)51/h7-14,17-18,21-26,29-31,42,49-54H,15-16,19-20,27-28,32-36H2,1-6H3,(H,62,67)(H,63,68)(H,64,70)/t42-,50+,51+,52-,53-,54+/m0/s1. The molecule has 3 aliphatic carbocycles. The van der Waals surface area contributed by atoms with Crippen molar-refractivity contribution in [3.8, 4) is 11.1 Å². The van der Waals surface area contributed by atoms with Crippen molar-refractivity contribution in [1.82, 2.24) is 25.8 Å². The quantitative estimate of drug-likeness (QED) is 0.133. The highest BCUT2D eigenvalue weighted by atomic mass is 16.6. The highest BCUT2D eigenvalue weighted by molar-refractivity contribution is 5.93. The molecular weight excluding hydrogens is 915 g/mol. The number of hydrogen-bond donors (Lipinski definition) is 3. The van der Waals surface area contributed by atoms with Gasteiger partial charge in [-0.15, -0.1) is 0 Å². The predicted molar refractivity (Wildman–Crippen MR) is 281 cm³/mol. The largest absolute Gasteiger partial charge is 0.449 e. The molecule has 380 valence electrons. The monoisotopic (exact) mass is 984 g/mol. The summed E-state index contributed by atoms with van der Waals surface area (Å²) < 4.78 is 11.9. The third kappa shape index (κ3) is 10.4. The maximum Gasteiger partial charge on any atom is 0.411 e. The molecular formula is C61H69N5O7. The summed E-state index contributed by atoms with van der Waals surface area (Å²) in [5, 5.41) is 9.63. The van der Waals surface area contributed by atoms with Crippen molar-refractivity contribution in [3.05, 3.63) is 165 Å². The van der Waals surface area contributed by atoms with E-state index in [4.69, 9.17) is 9.47 Å². The van der Waals surface area contributed by atoms with E-state index in [9.17, 15) is 19.2 Å². The van der Waals surface area contributed by atoms with Crippen molar-refractivity contribution >= 4 is 29.9 Å². The number of nitrogens with one attached hydrogen (secondary N) is 3. The fourth-order valence-electron chi connectivity index (χ4n) is 12.1. The zero-order valence-corrected chi connectivity index (χ0v) is 43.0. The zero-order valence-electron chi connectivity index (χ0n) is 43.0. The van der Waals surface area contributed by atoms with Crippen LogP contribution >= 0.6 is 0 Å². The Hall–Kier alpha value is -6.95. The lowest BCUT2D eigenvalue weighted by atomic mass is 9.85. The van der Waals surface area contributed by atoms with Gasteiger partial charge < -0.3 is 30.3 Å². The fourth-order valence-corrected chi connectivity index (χ4v) is 12.1. The smallest absolute Gasteiger partial charge is 0.411 e. The molecule has 1 saturated heterocycles. The van der Waals surface area contributed by atoms with E-state index in [0.717, 1.165) is 88.6 Å². The Morgan fingerprint density at radius 1 is 0.630 bits per heavy atom. The van der Waals surface area contributed by atoms with Crippen LogP contribution in [0.15, 0.2) is 115 Å². The van der Waals surface area contributed by atoms with Gasteiger partial charge in [-0.3, -0.25) is 19.3 Å². The number of likely N-dealkylation sites (tertiary alicyclic amines) is 1. The molecule has 2 heterocycles. The minimum atomic E-state index is -1.02. The molecule has 0 bridgehead atoms. The van der Waals surface area contributed by atoms with Crippen LogP contribution in [0.4, 0.5) is 9.59 Å². The van der Waals surface area contributed by atoms with Crippen molar-refractivity contribution in [2.24, 2.45) is 5.41 Å². The lowest BCUT2D eigenvalue weighted by Gasteiger charge is -2.38. The molecule has 0 saturated carbocycles. The van der Waals surface area contributed by atoms with Crippen LogP contribution in [0.3, 0.4) is 0 Å². The summed E-state index contributed by atoms with van der Waals surface area (Å²) in [4.78, 5) is 75.7. The van der Waals surface area contributed by atoms with Gasteiger partial charge in [0, 0.05) is 24.8 Å². The first-order valence-corrected chi connectivity index (χ1v) is 26.3. The van der Waals surface area contributed by atoms with Gasteiger partial charge in [-0.05, 0) is 132 Å². The number of carbonyl (C=O) groups is 5. The summed E-state index contributed by atoms with van der Waals surface area (Å²) in [6.45, 7) is 11.6. The van der Waals surface area contributed by atoms with Crippen LogP contribution in [0.1, 0.15) is 148 Å². The van der Waals surface area contributed by atoms with Gasteiger partial charge in [0.05, 0.1) is 18.6 Å². The topological polar surface area (TPSA) is 146 Å². The summed E-state index contributed by atoms with van der Waals surface area (Å²) in [5.41, 5.74) is 10.3. The Morgan fingerprint density at radius 2 is 1.18 bits per heavy atom. The van der Waals surface area contributed by atoms with Gasteiger partial charge in [0.15, 0.2) is 0 Å². The fraction of sp³-hybridized carbons (Fsp3) is 0.426. The molecule has 2 aliphatic heterocycles. The first-order valence-electron chi connectivity index (χ1n) is 26.3. The second-order valence-electron chi connectivity index (χ2n) is 22.9. The number of alkyl carbamates (subject to hydrolysis) is 1. The molecule has 5 aromatic rings. The summed E-state index contributed by atoms with van der Waals surface area (Å²) >= 11 is 0. The zero-order chi connectivity index (χ0) is 51.2. The molecule has 5 aliphatic rings. The minimum absolute atomic E-state index is 0.0920. The lowest BCUT2D eigenvalue weighted by molar-refractivity contribution is -0.142. The molecule has 5 amide bonds. The molecule has 6 atom stereocenters. The average Bonchev–Trinajstić information content (AvgIpc) is 3.97. The van der Waals surface area contributed by atoms with Crippen molar-refractivity contribution in [3.63, 3.8) is 0 Å². The summed E-state index contributed by atoms with van der Waals surface area (Å²) in [6, 6.07) is 35.9. The molecule has 0 unspecified atom stereocenters. The Labute approximate surface area is 429 Å². The van der Waals surface area contributed by atoms with Crippen molar-refractivity contribution in [2.75, 3.05) is 13.2 Å². The highest BCUT2D eigenvalue weighted by Crippen LogP contribution is 2.45. The molecule has 5 aromatic carbocycles. The normalized spacial score (nSPS) is 21.6. The maximum atomic E-state index is 15.3. The molecule has 0 radical (unpaired) electrons. The number of hydrogen-bond acceptors (Lipinski definition) is 7. The van der Waals surface area contributed by atoms with Crippen molar-refractivity contribution < 1.29 is 33.4 Å². The van der Waals surface area contributed by atoms with Crippen LogP contribution in [-0.4, -0.2) is 76.6 Å². The van der Waals surface area contributed by atoms with Crippen molar-refractivity contribution in [2.45, 2.75) is 147 Å². The van der Waals surface area contributed by atoms with Crippen LogP contribution in [-0.2, 0) is 49.7 Å². The van der Waals surface area contributed by atoms with E-state index in [1.165, 1.54) is 11.1 Å². The number of rotatable bonds is 9. The van der Waals surface area contributed by atoms with Crippen LogP contribution in [0.25, 0.3) is 11.1 Å². The number of aryl methyl sites for hydroxylation is 2. The molecule has 12 nitrogen and oxygen atoms in total. The van der Waals surface area contributed by atoms with E-state index >= 15 is 4.79 Å². The predicted octanol–water partition coefficient (Wildman–Crippen LogP) is 10.4. The summed E-state index contributed by atoms with van der Waals surface area (Å²) in [7, 11) is 0. The van der Waals surface area contributed by atoms with E-state index in [-0.39, 0.29) is 61.3 Å². The van der Waals surface area contributed by atoms with Gasteiger partial charge in [-0.2, -0.15) is 0 Å². The number of benzene rings is 5. The molecule has 0 spiro atoms. The Kier molecular flexibility index (Phi) is 13.7. The summed E-state index contributed by atoms with van der Waals surface area (Å²) in [5.74, 6) is -1.25. The van der Waals surface area contributed by atoms with Gasteiger partial charge in [0.1, 0.15) is 30.3 Å². The van der Waals surface area contributed by atoms with Gasteiger partial charge in [0.2, 0.25) is 17.7 Å². The number of nitrogens with zero attached hydrogens (tertiary/aromatic N) is 2. The Morgan fingerprint density at radius 3 is 1.75 bits per heavy atom. The average molecular weight is 984 g/mol. The van der Waals surface area contributed by atoms with Gasteiger partial charge in [0.25, 0.3) is 0 Å². The number of fused-ring (bicyclic) bond motifs is 6. The molecule has 0 aromatic heterocycles. The van der Waals surface area contributed by atoms with E-state index in [2.05, 4.69) is 70.5 Å². The molecule has 73 heavy (non-hydrogen) atoms. The Bertz CT molecular complexity index is 2890. The molecule has 1 fully saturated rings. The number of amides is 5. The van der Waals surface area contributed by atoms with Gasteiger partial charge >= 0.3 is 12.2 Å². The highest BCUT2D eigenvalue weighted by Gasteiger charge is 2.47. The van der Waals surface area contributed by atoms with Gasteiger partial charge in [-0.1, -0.05) is 136 Å². The van der Waals surface area contributed by atoms with Gasteiger partial charge in [-0.25, -0.2) is 9.59 Å². The second kappa shape index (κ2) is 20.2. The maximum absolute atomic E-state index is 15.3. The van der Waals surface area contributed by atoms with Crippen LogP contribution < -0.4 is 16.0 Å². The van der Waals surface area contributed by atoms with E-state index in [1.54, 1.807) is 9.80 Å². The third-order valence-corrected chi connectivity index (χ3v) is 15.7. The van der Waals surface area contributed by atoms with Crippen LogP contribution in [0.5, 0.6) is 0 Å². The van der Waals surface area contributed by atoms with Crippen LogP contribution in [0, 0.1) is 5.41 Å². The Balaban J connectivity index is 0.910. The van der Waals surface area contributed by atoms with E-state index < -0.39 is 41.3 Å². The lowest BCUT2D eigenvalue weighted by Crippen LogP contribution is -2.58. The van der Waals surface area contributed by atoms with E-state index in [0.29, 0.717) is 12.8 Å². The van der Waals surface area contributed by atoms with Crippen molar-refractivity contribution in [1.29, 1.82) is 0 Å². The first kappa shape index (κ1) is 49.6. The number of carbonyl (C=O) groups excluding carboxylic acids is 5. The first-order chi connectivity index (χ1) is 35.0. The SMILES string of the molecule is CC(C)(C)OC(=O)N1Cc2cc([C@H]3C[C@@H](C(=O)N[C@@H]4CCCc5ccccc54)N(C(=O)[C@@H](NC(=O)OCC4c5ccccc5-c5ccccc54)C(C)(C)C)C3)ccc2C[C@H]1C(=O)N[C@@H]1CCCc2ccccc21. The third-order valence-electron chi connectivity index (χ3n) is 15.7. The molecule has 12 heteroatoms. The minimum Gasteiger partial charge on any atom is -0.449 e. The molecule has 10 rings (SSSR count).